The predicted octanol–water partition coefficient (Wildman–Crippen LogP) is -1.52. The lowest BCUT2D eigenvalue weighted by atomic mass is 10.3. The average molecular weight is 174 g/mol. The molecule has 0 saturated carbocycles. The molecule has 1 heterocycles. The van der Waals surface area contributed by atoms with Crippen LogP contribution in [0.25, 0.3) is 0 Å². The summed E-state index contributed by atoms with van der Waals surface area (Å²) in [5.41, 5.74) is 5.07. The van der Waals surface area contributed by atoms with Gasteiger partial charge in [-0.3, -0.25) is 4.79 Å². The van der Waals surface area contributed by atoms with Crippen LogP contribution in [-0.4, -0.2) is 44.9 Å². The van der Waals surface area contributed by atoms with Crippen LogP contribution < -0.4 is 11.1 Å². The number of nitrogens with one attached hydrogen (secondary N) is 1. The molecule has 0 aromatic carbocycles. The van der Waals surface area contributed by atoms with Crippen molar-refractivity contribution in [2.75, 3.05) is 26.9 Å². The van der Waals surface area contributed by atoms with Crippen molar-refractivity contribution in [2.24, 2.45) is 5.73 Å². The highest BCUT2D eigenvalue weighted by molar-refractivity contribution is 5.79. The Morgan fingerprint density at radius 2 is 2.58 bits per heavy atom. The number of nitrogens with two attached hydrogens (primary N) is 1. The Kier molecular flexibility index (Phi) is 3.46. The maximum Gasteiger partial charge on any atom is 0.236 e. The van der Waals surface area contributed by atoms with E-state index >= 15 is 0 Å². The summed E-state index contributed by atoms with van der Waals surface area (Å²) in [6.45, 7) is 1.62. The first-order chi connectivity index (χ1) is 5.74. The summed E-state index contributed by atoms with van der Waals surface area (Å²) in [6.07, 6.45) is 0.232. The van der Waals surface area contributed by atoms with E-state index in [2.05, 4.69) is 5.32 Å². The molecule has 0 spiro atoms. The van der Waals surface area contributed by atoms with Crippen molar-refractivity contribution >= 4 is 5.91 Å². The standard InChI is InChI=1S/C7H14N2O3/c1-9-6(7(8)10)4-11-2-5-3-12-5/h5-6,9H,2-4H2,1H3,(H2,8,10)/t5?,6-/m0/s1. The summed E-state index contributed by atoms with van der Waals surface area (Å²) in [7, 11) is 1.67. The van der Waals surface area contributed by atoms with E-state index in [1.165, 1.54) is 0 Å². The molecule has 1 rings (SSSR count). The van der Waals surface area contributed by atoms with Gasteiger partial charge >= 0.3 is 0 Å². The van der Waals surface area contributed by atoms with E-state index in [1.54, 1.807) is 7.05 Å². The molecule has 0 bridgehead atoms. The predicted molar refractivity (Wildman–Crippen MR) is 42.6 cm³/mol. The molecule has 2 atom stereocenters. The maximum absolute atomic E-state index is 10.7. The molecule has 0 aromatic heterocycles. The van der Waals surface area contributed by atoms with Crippen molar-refractivity contribution in [3.05, 3.63) is 0 Å². The van der Waals surface area contributed by atoms with E-state index in [9.17, 15) is 4.79 Å². The molecular formula is C7H14N2O3. The van der Waals surface area contributed by atoms with Crippen LogP contribution in [0.15, 0.2) is 0 Å². The van der Waals surface area contributed by atoms with Gasteiger partial charge in [0, 0.05) is 0 Å². The Hall–Kier alpha value is -0.650. The molecule has 1 fully saturated rings. The van der Waals surface area contributed by atoms with Crippen LogP contribution in [0.4, 0.5) is 0 Å². The summed E-state index contributed by atoms with van der Waals surface area (Å²) in [5.74, 6) is -0.394. The topological polar surface area (TPSA) is 76.9 Å². The second-order valence-electron chi connectivity index (χ2n) is 2.74. The van der Waals surface area contributed by atoms with Crippen molar-refractivity contribution in [2.45, 2.75) is 12.1 Å². The van der Waals surface area contributed by atoms with Gasteiger partial charge < -0.3 is 20.5 Å². The summed E-state index contributed by atoms with van der Waals surface area (Å²) < 4.78 is 10.1. The minimum atomic E-state index is -0.399. The third-order valence-electron chi connectivity index (χ3n) is 1.68. The van der Waals surface area contributed by atoms with Crippen LogP contribution >= 0.6 is 0 Å². The first-order valence-corrected chi connectivity index (χ1v) is 3.90. The van der Waals surface area contributed by atoms with E-state index in [4.69, 9.17) is 15.2 Å². The van der Waals surface area contributed by atoms with Crippen LogP contribution in [-0.2, 0) is 14.3 Å². The van der Waals surface area contributed by atoms with Gasteiger partial charge in [0.05, 0.1) is 19.8 Å². The highest BCUT2D eigenvalue weighted by Crippen LogP contribution is 2.08. The number of carbonyl (C=O) groups excluding carboxylic acids is 1. The fourth-order valence-corrected chi connectivity index (χ4v) is 0.789. The molecule has 1 saturated heterocycles. The fraction of sp³-hybridized carbons (Fsp3) is 0.857. The Morgan fingerprint density at radius 1 is 1.92 bits per heavy atom. The van der Waals surface area contributed by atoms with Gasteiger partial charge in [-0.1, -0.05) is 0 Å². The van der Waals surface area contributed by atoms with Gasteiger partial charge in [0.15, 0.2) is 0 Å². The highest BCUT2D eigenvalue weighted by atomic mass is 16.6. The van der Waals surface area contributed by atoms with Crippen molar-refractivity contribution in [3.8, 4) is 0 Å². The molecular weight excluding hydrogens is 160 g/mol. The molecule has 1 unspecified atom stereocenters. The maximum atomic E-state index is 10.7. The van der Waals surface area contributed by atoms with E-state index < -0.39 is 11.9 Å². The number of amides is 1. The van der Waals surface area contributed by atoms with Crippen molar-refractivity contribution in [1.29, 1.82) is 0 Å². The molecule has 1 aliphatic heterocycles. The van der Waals surface area contributed by atoms with Crippen LogP contribution in [0, 0.1) is 0 Å². The van der Waals surface area contributed by atoms with Crippen molar-refractivity contribution in [1.82, 2.24) is 5.32 Å². The molecule has 5 heteroatoms. The molecule has 3 N–H and O–H groups in total. The number of likely N-dealkylation sites (N-methyl/N-ethyl adjacent to an activating group) is 1. The minimum absolute atomic E-state index is 0.232. The van der Waals surface area contributed by atoms with Gasteiger partial charge in [-0.25, -0.2) is 0 Å². The third-order valence-corrected chi connectivity index (χ3v) is 1.68. The van der Waals surface area contributed by atoms with Crippen LogP contribution in [0.2, 0.25) is 0 Å². The van der Waals surface area contributed by atoms with E-state index in [0.29, 0.717) is 13.2 Å². The largest absolute Gasteiger partial charge is 0.376 e. The third kappa shape index (κ3) is 3.17. The summed E-state index contributed by atoms with van der Waals surface area (Å²) in [4.78, 5) is 10.7. The summed E-state index contributed by atoms with van der Waals surface area (Å²) in [6, 6.07) is -0.399. The number of rotatable bonds is 6. The zero-order valence-corrected chi connectivity index (χ0v) is 7.08. The zero-order chi connectivity index (χ0) is 8.97. The monoisotopic (exact) mass is 174 g/mol. The van der Waals surface area contributed by atoms with Crippen LogP contribution in [0.1, 0.15) is 0 Å². The molecule has 1 aliphatic rings. The van der Waals surface area contributed by atoms with Gasteiger partial charge in [-0.2, -0.15) is 0 Å². The lowest BCUT2D eigenvalue weighted by molar-refractivity contribution is -0.121. The van der Waals surface area contributed by atoms with Gasteiger partial charge in [0.2, 0.25) is 5.91 Å². The first kappa shape index (κ1) is 9.44. The smallest absolute Gasteiger partial charge is 0.236 e. The van der Waals surface area contributed by atoms with Crippen molar-refractivity contribution in [3.63, 3.8) is 0 Å². The Morgan fingerprint density at radius 3 is 3.00 bits per heavy atom. The lowest BCUT2D eigenvalue weighted by Gasteiger charge is -2.11. The molecule has 12 heavy (non-hydrogen) atoms. The molecule has 5 nitrogen and oxygen atoms in total. The molecule has 0 aliphatic carbocycles. The number of carbonyl (C=O) groups is 1. The van der Waals surface area contributed by atoms with Crippen LogP contribution in [0.5, 0.6) is 0 Å². The highest BCUT2D eigenvalue weighted by Gasteiger charge is 2.23. The molecule has 70 valence electrons. The van der Waals surface area contributed by atoms with Gasteiger partial charge in [0.1, 0.15) is 12.1 Å². The van der Waals surface area contributed by atoms with Gasteiger partial charge in [-0.05, 0) is 7.05 Å². The average Bonchev–Trinajstić information content (AvgIpc) is 2.80. The number of primary amides is 1. The molecule has 1 amide bonds. The Bertz CT molecular complexity index is 159. The quantitative estimate of drug-likeness (QED) is 0.479. The van der Waals surface area contributed by atoms with Crippen LogP contribution in [0.3, 0.4) is 0 Å². The zero-order valence-electron chi connectivity index (χ0n) is 7.08. The Balaban J connectivity index is 2.05. The van der Waals surface area contributed by atoms with Gasteiger partial charge in [-0.15, -0.1) is 0 Å². The summed E-state index contributed by atoms with van der Waals surface area (Å²) >= 11 is 0. The SMILES string of the molecule is CN[C@@H](COCC1CO1)C(N)=O. The Labute approximate surface area is 71.2 Å². The van der Waals surface area contributed by atoms with E-state index in [0.717, 1.165) is 6.61 Å². The molecule has 0 aromatic rings. The second kappa shape index (κ2) is 4.39. The van der Waals surface area contributed by atoms with E-state index in [-0.39, 0.29) is 6.10 Å². The number of hydrogen-bond donors (Lipinski definition) is 2. The normalized spacial score (nSPS) is 23.6. The first-order valence-electron chi connectivity index (χ1n) is 3.90. The number of hydrogen-bond acceptors (Lipinski definition) is 4. The second-order valence-corrected chi connectivity index (χ2v) is 2.74. The minimum Gasteiger partial charge on any atom is -0.376 e. The lowest BCUT2D eigenvalue weighted by Crippen LogP contribution is -2.42. The van der Waals surface area contributed by atoms with E-state index in [1.807, 2.05) is 0 Å². The fourth-order valence-electron chi connectivity index (χ4n) is 0.789. The number of epoxide rings is 1. The van der Waals surface area contributed by atoms with Crippen molar-refractivity contribution < 1.29 is 14.3 Å². The summed E-state index contributed by atoms with van der Waals surface area (Å²) in [5, 5.41) is 2.76. The van der Waals surface area contributed by atoms with Gasteiger partial charge in [0.25, 0.3) is 0 Å². The molecule has 0 radical (unpaired) electrons. The number of ether oxygens (including phenoxy) is 2.